The number of nitrogens with zero attached hydrogens (tertiary/aromatic N) is 3. The third-order valence-corrected chi connectivity index (χ3v) is 3.54. The highest BCUT2D eigenvalue weighted by atomic mass is 16.5. The lowest BCUT2D eigenvalue weighted by molar-refractivity contribution is 0.409. The molecule has 0 radical (unpaired) electrons. The Morgan fingerprint density at radius 1 is 1.23 bits per heavy atom. The van der Waals surface area contributed by atoms with Crippen molar-refractivity contribution in [3.63, 3.8) is 0 Å². The van der Waals surface area contributed by atoms with Crippen molar-refractivity contribution in [2.45, 2.75) is 0 Å². The smallest absolute Gasteiger partial charge is 0.332 e. The van der Waals surface area contributed by atoms with Crippen molar-refractivity contribution in [1.82, 2.24) is 19.1 Å². The first kappa shape index (κ1) is 13.9. The molecule has 0 saturated carbocycles. The van der Waals surface area contributed by atoms with Gasteiger partial charge < -0.3 is 14.8 Å². The lowest BCUT2D eigenvalue weighted by atomic mass is 10.2. The van der Waals surface area contributed by atoms with E-state index in [9.17, 15) is 14.7 Å². The number of rotatable bonds is 2. The number of H-pyrrole nitrogens is 1. The molecule has 3 rings (SSSR count). The summed E-state index contributed by atoms with van der Waals surface area (Å²) in [6, 6.07) is 4.55. The van der Waals surface area contributed by atoms with Gasteiger partial charge in [-0.3, -0.25) is 13.9 Å². The van der Waals surface area contributed by atoms with E-state index < -0.39 is 11.2 Å². The zero-order valence-electron chi connectivity index (χ0n) is 12.2. The summed E-state index contributed by atoms with van der Waals surface area (Å²) in [7, 11) is 4.42. The molecule has 0 saturated heterocycles. The van der Waals surface area contributed by atoms with E-state index >= 15 is 0 Å². The van der Waals surface area contributed by atoms with E-state index in [1.54, 1.807) is 13.1 Å². The van der Waals surface area contributed by atoms with Crippen molar-refractivity contribution in [1.29, 1.82) is 0 Å². The van der Waals surface area contributed by atoms with Gasteiger partial charge in [-0.15, -0.1) is 0 Å². The quantitative estimate of drug-likeness (QED) is 0.711. The average molecular weight is 302 g/mol. The lowest BCUT2D eigenvalue weighted by Crippen LogP contribution is -2.36. The predicted molar refractivity (Wildman–Crippen MR) is 80.2 cm³/mol. The van der Waals surface area contributed by atoms with Crippen LogP contribution >= 0.6 is 0 Å². The molecule has 2 heterocycles. The number of hydrogen-bond donors (Lipinski definition) is 2. The van der Waals surface area contributed by atoms with Crippen LogP contribution in [-0.2, 0) is 14.1 Å². The summed E-state index contributed by atoms with van der Waals surface area (Å²) in [5.41, 5.74) is 0.168. The second-order valence-corrected chi connectivity index (χ2v) is 4.87. The minimum atomic E-state index is -0.451. The van der Waals surface area contributed by atoms with E-state index in [-0.39, 0.29) is 16.9 Å². The van der Waals surface area contributed by atoms with Gasteiger partial charge in [0, 0.05) is 20.2 Å². The van der Waals surface area contributed by atoms with Gasteiger partial charge in [-0.1, -0.05) is 0 Å². The maximum Gasteiger partial charge on any atom is 0.332 e. The molecule has 0 unspecified atom stereocenters. The Kier molecular flexibility index (Phi) is 3.01. The molecular weight excluding hydrogens is 288 g/mol. The number of ether oxygens (including phenoxy) is 1. The molecule has 2 aromatic heterocycles. The van der Waals surface area contributed by atoms with Crippen LogP contribution in [0.2, 0.25) is 0 Å². The summed E-state index contributed by atoms with van der Waals surface area (Å²) >= 11 is 0. The van der Waals surface area contributed by atoms with Crippen molar-refractivity contribution in [2.24, 2.45) is 14.1 Å². The summed E-state index contributed by atoms with van der Waals surface area (Å²) in [6.45, 7) is 0. The van der Waals surface area contributed by atoms with Gasteiger partial charge in [-0.2, -0.15) is 0 Å². The van der Waals surface area contributed by atoms with Crippen molar-refractivity contribution >= 4 is 11.2 Å². The van der Waals surface area contributed by atoms with Gasteiger partial charge in [0.15, 0.2) is 5.65 Å². The van der Waals surface area contributed by atoms with Gasteiger partial charge in [0.2, 0.25) is 0 Å². The van der Waals surface area contributed by atoms with Gasteiger partial charge >= 0.3 is 5.69 Å². The van der Waals surface area contributed by atoms with E-state index in [1.807, 2.05) is 0 Å². The zero-order chi connectivity index (χ0) is 16.0. The Morgan fingerprint density at radius 2 is 1.95 bits per heavy atom. The monoisotopic (exact) mass is 302 g/mol. The summed E-state index contributed by atoms with van der Waals surface area (Å²) in [4.78, 5) is 31.3. The second kappa shape index (κ2) is 4.76. The highest BCUT2D eigenvalue weighted by Gasteiger charge is 2.16. The molecule has 0 fully saturated rings. The maximum absolute atomic E-state index is 12.2. The Balaban J connectivity index is 2.35. The van der Waals surface area contributed by atoms with Crippen molar-refractivity contribution in [2.75, 3.05) is 7.11 Å². The number of phenols is 1. The number of imidazole rings is 1. The van der Waals surface area contributed by atoms with E-state index in [0.717, 1.165) is 4.57 Å². The van der Waals surface area contributed by atoms with Crippen LogP contribution in [0.3, 0.4) is 0 Å². The fourth-order valence-corrected chi connectivity index (χ4v) is 2.33. The second-order valence-electron chi connectivity index (χ2n) is 4.87. The number of aromatic hydroxyl groups is 1. The predicted octanol–water partition coefficient (Wildman–Crippen LogP) is 0.341. The Bertz CT molecular complexity index is 996. The Labute approximate surface area is 124 Å². The zero-order valence-corrected chi connectivity index (χ0v) is 12.2. The molecule has 0 aliphatic heterocycles. The van der Waals surface area contributed by atoms with E-state index in [2.05, 4.69) is 9.97 Å². The lowest BCUT2D eigenvalue weighted by Gasteiger charge is -2.06. The Hall–Kier alpha value is -3.03. The SMILES string of the molecule is COc1cc(O)ccc1-c1nc2c([nH]1)c(=O)n(C)c(=O)n2C. The number of nitrogens with one attached hydrogen (secondary N) is 1. The van der Waals surface area contributed by atoms with Crippen LogP contribution in [0.15, 0.2) is 27.8 Å². The van der Waals surface area contributed by atoms with Crippen LogP contribution in [0, 0.1) is 0 Å². The van der Waals surface area contributed by atoms with Crippen LogP contribution in [-0.4, -0.2) is 31.3 Å². The average Bonchev–Trinajstić information content (AvgIpc) is 2.95. The first-order valence-corrected chi connectivity index (χ1v) is 6.47. The molecule has 0 amide bonds. The molecule has 8 heteroatoms. The highest BCUT2D eigenvalue weighted by Crippen LogP contribution is 2.31. The maximum atomic E-state index is 12.2. The molecule has 0 bridgehead atoms. The highest BCUT2D eigenvalue weighted by molar-refractivity contribution is 5.77. The standard InChI is InChI=1S/C14H14N4O4/c1-17-12-10(13(20)18(2)14(17)21)15-11(16-12)8-5-4-7(19)6-9(8)22-3/h4-6,19H,1-3H3,(H,15,16). The van der Waals surface area contributed by atoms with Gasteiger partial charge in [0.25, 0.3) is 5.56 Å². The molecule has 1 aromatic carbocycles. The van der Waals surface area contributed by atoms with Crippen LogP contribution < -0.4 is 16.0 Å². The van der Waals surface area contributed by atoms with Crippen LogP contribution in [0.4, 0.5) is 0 Å². The van der Waals surface area contributed by atoms with Crippen molar-refractivity contribution in [3.8, 4) is 22.9 Å². The number of hydrogen-bond acceptors (Lipinski definition) is 5. The van der Waals surface area contributed by atoms with Crippen molar-refractivity contribution < 1.29 is 9.84 Å². The largest absolute Gasteiger partial charge is 0.508 e. The van der Waals surface area contributed by atoms with Crippen LogP contribution in [0.5, 0.6) is 11.5 Å². The fourth-order valence-electron chi connectivity index (χ4n) is 2.33. The van der Waals surface area contributed by atoms with Crippen LogP contribution in [0.25, 0.3) is 22.6 Å². The first-order chi connectivity index (χ1) is 10.4. The molecule has 0 aliphatic rings. The number of phenolic OH excluding ortho intramolecular Hbond substituents is 1. The van der Waals surface area contributed by atoms with Crippen LogP contribution in [0.1, 0.15) is 0 Å². The van der Waals surface area contributed by atoms with Gasteiger partial charge in [0.05, 0.1) is 12.7 Å². The molecule has 2 N–H and O–H groups in total. The molecule has 0 spiro atoms. The molecule has 3 aromatic rings. The fraction of sp³-hybridized carbons (Fsp3) is 0.214. The van der Waals surface area contributed by atoms with E-state index in [0.29, 0.717) is 17.1 Å². The molecule has 8 nitrogen and oxygen atoms in total. The number of benzene rings is 1. The first-order valence-electron chi connectivity index (χ1n) is 6.47. The van der Waals surface area contributed by atoms with Gasteiger partial charge in [0.1, 0.15) is 22.8 Å². The van der Waals surface area contributed by atoms with Crippen molar-refractivity contribution in [3.05, 3.63) is 39.0 Å². The summed E-state index contributed by atoms with van der Waals surface area (Å²) in [5, 5.41) is 9.51. The molecular formula is C14H14N4O4. The van der Waals surface area contributed by atoms with E-state index in [1.165, 1.54) is 30.9 Å². The summed E-state index contributed by atoms with van der Waals surface area (Å²) in [6.07, 6.45) is 0. The Morgan fingerprint density at radius 3 is 2.64 bits per heavy atom. The third-order valence-electron chi connectivity index (χ3n) is 3.54. The molecule has 0 aliphatic carbocycles. The van der Waals surface area contributed by atoms with Gasteiger partial charge in [-0.05, 0) is 12.1 Å². The number of fused-ring (bicyclic) bond motifs is 1. The third kappa shape index (κ3) is 1.88. The summed E-state index contributed by atoms with van der Waals surface area (Å²) < 4.78 is 7.52. The molecule has 22 heavy (non-hydrogen) atoms. The number of methoxy groups -OCH3 is 1. The topological polar surface area (TPSA) is 102 Å². The van der Waals surface area contributed by atoms with E-state index in [4.69, 9.17) is 4.74 Å². The molecule has 0 atom stereocenters. The molecule has 114 valence electrons. The normalized spacial score (nSPS) is 11.0. The number of aromatic nitrogens is 4. The summed E-state index contributed by atoms with van der Waals surface area (Å²) in [5.74, 6) is 0.839. The number of aryl methyl sites for hydroxylation is 1. The minimum Gasteiger partial charge on any atom is -0.508 e. The van der Waals surface area contributed by atoms with Gasteiger partial charge in [-0.25, -0.2) is 9.78 Å². The number of aromatic amines is 1. The minimum absolute atomic E-state index is 0.0556.